The molecule has 0 saturated carbocycles. The first-order valence-corrected chi connectivity index (χ1v) is 6.50. The molecule has 4 nitrogen and oxygen atoms in total. The maximum absolute atomic E-state index is 10.4. The molecular formula is C9H20N2O2S. The molecule has 0 amide bonds. The molecule has 0 aromatic heterocycles. The van der Waals surface area contributed by atoms with Crippen molar-refractivity contribution < 1.29 is 8.76 Å². The second kappa shape index (κ2) is 6.50. The number of nitrogens with zero attached hydrogens (tertiary/aromatic N) is 1. The smallest absolute Gasteiger partial charge is 0.152 e. The fourth-order valence-corrected chi connectivity index (χ4v) is 2.33. The van der Waals surface area contributed by atoms with Crippen LogP contribution in [-0.2, 0) is 11.1 Å². The molecule has 1 heterocycles. The molecule has 0 radical (unpaired) electrons. The van der Waals surface area contributed by atoms with E-state index >= 15 is 0 Å². The summed E-state index contributed by atoms with van der Waals surface area (Å²) in [5.41, 5.74) is 5.63. The van der Waals surface area contributed by atoms with Crippen molar-refractivity contribution in [2.24, 2.45) is 11.7 Å². The molecule has 1 aliphatic heterocycles. The van der Waals surface area contributed by atoms with Crippen molar-refractivity contribution in [1.29, 1.82) is 0 Å². The Bertz CT molecular complexity index is 190. The van der Waals surface area contributed by atoms with Gasteiger partial charge in [-0.25, -0.2) is 4.21 Å². The molecular weight excluding hydrogens is 200 g/mol. The zero-order valence-electron chi connectivity index (χ0n) is 8.52. The minimum Gasteiger partial charge on any atom is -0.330 e. The van der Waals surface area contributed by atoms with Crippen LogP contribution in [0.15, 0.2) is 0 Å². The third kappa shape index (κ3) is 4.50. The summed E-state index contributed by atoms with van der Waals surface area (Å²) in [6.07, 6.45) is 3.25. The normalized spacial score (nSPS) is 26.3. The Kier molecular flexibility index (Phi) is 5.62. The summed E-state index contributed by atoms with van der Waals surface area (Å²) in [6.45, 7) is 3.88. The van der Waals surface area contributed by atoms with Crippen LogP contribution in [0, 0.1) is 5.92 Å². The molecule has 0 bridgehead atoms. The minimum atomic E-state index is -1.63. The first kappa shape index (κ1) is 12.1. The van der Waals surface area contributed by atoms with Gasteiger partial charge in [-0.1, -0.05) is 0 Å². The van der Waals surface area contributed by atoms with E-state index in [-0.39, 0.29) is 0 Å². The van der Waals surface area contributed by atoms with Crippen LogP contribution in [0.1, 0.15) is 19.3 Å². The maximum atomic E-state index is 10.4. The summed E-state index contributed by atoms with van der Waals surface area (Å²) in [7, 11) is 0. The molecule has 0 aromatic rings. The summed E-state index contributed by atoms with van der Waals surface area (Å²) in [6, 6.07) is 0. The Morgan fingerprint density at radius 1 is 1.57 bits per heavy atom. The van der Waals surface area contributed by atoms with Gasteiger partial charge in [0, 0.05) is 6.54 Å². The van der Waals surface area contributed by atoms with Gasteiger partial charge in [-0.05, 0) is 44.8 Å². The fraction of sp³-hybridized carbons (Fsp3) is 1.00. The molecule has 0 aromatic carbocycles. The highest BCUT2D eigenvalue weighted by Gasteiger charge is 2.17. The number of hydrogen-bond acceptors (Lipinski definition) is 3. The molecule has 2 atom stereocenters. The SMILES string of the molecule is NCC1CCCN(CCCS(=O)O)C1. The molecule has 5 heteroatoms. The van der Waals surface area contributed by atoms with Crippen LogP contribution in [-0.4, -0.2) is 45.6 Å². The number of hydrogen-bond donors (Lipinski definition) is 2. The number of likely N-dealkylation sites (tertiary alicyclic amines) is 1. The lowest BCUT2D eigenvalue weighted by Gasteiger charge is -2.31. The van der Waals surface area contributed by atoms with E-state index in [2.05, 4.69) is 4.90 Å². The van der Waals surface area contributed by atoms with Gasteiger partial charge < -0.3 is 15.2 Å². The maximum Gasteiger partial charge on any atom is 0.152 e. The van der Waals surface area contributed by atoms with Crippen molar-refractivity contribution in [2.45, 2.75) is 19.3 Å². The lowest BCUT2D eigenvalue weighted by atomic mass is 9.98. The first-order chi connectivity index (χ1) is 6.72. The number of piperidine rings is 1. The second-order valence-electron chi connectivity index (χ2n) is 3.92. The average Bonchev–Trinajstić information content (AvgIpc) is 2.18. The van der Waals surface area contributed by atoms with Gasteiger partial charge in [0.25, 0.3) is 0 Å². The monoisotopic (exact) mass is 220 g/mol. The second-order valence-corrected chi connectivity index (χ2v) is 4.97. The minimum absolute atomic E-state index is 0.393. The van der Waals surface area contributed by atoms with Gasteiger partial charge in [0.15, 0.2) is 11.1 Å². The van der Waals surface area contributed by atoms with Crippen molar-refractivity contribution in [3.63, 3.8) is 0 Å². The lowest BCUT2D eigenvalue weighted by Crippen LogP contribution is -2.39. The molecule has 0 aliphatic carbocycles. The third-order valence-electron chi connectivity index (χ3n) is 2.73. The molecule has 1 rings (SSSR count). The molecule has 1 fully saturated rings. The highest BCUT2D eigenvalue weighted by atomic mass is 32.2. The lowest BCUT2D eigenvalue weighted by molar-refractivity contribution is 0.179. The van der Waals surface area contributed by atoms with Crippen LogP contribution in [0.5, 0.6) is 0 Å². The van der Waals surface area contributed by atoms with Gasteiger partial charge in [0.05, 0.1) is 5.75 Å². The summed E-state index contributed by atoms with van der Waals surface area (Å²) in [4.78, 5) is 2.36. The largest absolute Gasteiger partial charge is 0.330 e. The summed E-state index contributed by atoms with van der Waals surface area (Å²) >= 11 is -1.63. The highest BCUT2D eigenvalue weighted by Crippen LogP contribution is 2.15. The van der Waals surface area contributed by atoms with Gasteiger partial charge in [-0.2, -0.15) is 0 Å². The van der Waals surface area contributed by atoms with Gasteiger partial charge in [-0.3, -0.25) is 0 Å². The molecule has 1 aliphatic rings. The van der Waals surface area contributed by atoms with Crippen LogP contribution < -0.4 is 5.73 Å². The van der Waals surface area contributed by atoms with Crippen molar-refractivity contribution >= 4 is 11.1 Å². The predicted molar refractivity (Wildman–Crippen MR) is 58.5 cm³/mol. The van der Waals surface area contributed by atoms with Crippen molar-refractivity contribution in [3.8, 4) is 0 Å². The quantitative estimate of drug-likeness (QED) is 0.653. The standard InChI is InChI=1S/C9H20N2O2S/c10-7-9-3-1-4-11(8-9)5-2-6-14(12)13/h9H,1-8,10H2,(H,12,13). The van der Waals surface area contributed by atoms with E-state index in [1.807, 2.05) is 0 Å². The van der Waals surface area contributed by atoms with E-state index in [4.69, 9.17) is 10.3 Å². The van der Waals surface area contributed by atoms with Crippen LogP contribution in [0.25, 0.3) is 0 Å². The molecule has 14 heavy (non-hydrogen) atoms. The Labute approximate surface area is 88.1 Å². The zero-order valence-corrected chi connectivity index (χ0v) is 9.34. The molecule has 2 unspecified atom stereocenters. The van der Waals surface area contributed by atoms with Crippen LogP contribution in [0.3, 0.4) is 0 Å². The zero-order chi connectivity index (χ0) is 10.4. The predicted octanol–water partition coefficient (Wildman–Crippen LogP) is 0.269. The summed E-state index contributed by atoms with van der Waals surface area (Å²) in [5.74, 6) is 1.02. The van der Waals surface area contributed by atoms with E-state index in [0.717, 1.165) is 32.6 Å². The average molecular weight is 220 g/mol. The summed E-state index contributed by atoms with van der Waals surface area (Å²) < 4.78 is 19.0. The van der Waals surface area contributed by atoms with Crippen molar-refractivity contribution in [3.05, 3.63) is 0 Å². The van der Waals surface area contributed by atoms with E-state index < -0.39 is 11.1 Å². The Balaban J connectivity index is 2.14. The Hall–Kier alpha value is 0.0300. The topological polar surface area (TPSA) is 66.6 Å². The first-order valence-electron chi connectivity index (χ1n) is 5.22. The third-order valence-corrected chi connectivity index (χ3v) is 3.37. The van der Waals surface area contributed by atoms with E-state index in [9.17, 15) is 4.21 Å². The molecule has 84 valence electrons. The van der Waals surface area contributed by atoms with Crippen LogP contribution in [0.4, 0.5) is 0 Å². The molecule has 3 N–H and O–H groups in total. The van der Waals surface area contributed by atoms with Crippen molar-refractivity contribution in [2.75, 3.05) is 31.9 Å². The van der Waals surface area contributed by atoms with Gasteiger partial charge in [-0.15, -0.1) is 0 Å². The molecule has 1 saturated heterocycles. The Morgan fingerprint density at radius 2 is 2.36 bits per heavy atom. The van der Waals surface area contributed by atoms with Crippen LogP contribution >= 0.6 is 0 Å². The number of rotatable bonds is 5. The highest BCUT2D eigenvalue weighted by molar-refractivity contribution is 7.79. The summed E-state index contributed by atoms with van der Waals surface area (Å²) in [5, 5.41) is 0. The van der Waals surface area contributed by atoms with E-state index in [0.29, 0.717) is 11.7 Å². The van der Waals surface area contributed by atoms with E-state index in [1.54, 1.807) is 0 Å². The molecule has 0 spiro atoms. The van der Waals surface area contributed by atoms with E-state index in [1.165, 1.54) is 12.8 Å². The number of nitrogens with two attached hydrogens (primary N) is 1. The van der Waals surface area contributed by atoms with Gasteiger partial charge in [0.1, 0.15) is 0 Å². The van der Waals surface area contributed by atoms with Crippen molar-refractivity contribution in [1.82, 2.24) is 4.90 Å². The van der Waals surface area contributed by atoms with Gasteiger partial charge in [0.2, 0.25) is 0 Å². The Morgan fingerprint density at radius 3 is 3.00 bits per heavy atom. The van der Waals surface area contributed by atoms with Gasteiger partial charge >= 0.3 is 0 Å². The fourth-order valence-electron chi connectivity index (χ4n) is 1.96. The van der Waals surface area contributed by atoms with Crippen LogP contribution in [0.2, 0.25) is 0 Å².